The summed E-state index contributed by atoms with van der Waals surface area (Å²) in [5.41, 5.74) is 2.97. The maximum absolute atomic E-state index is 13.0. The van der Waals surface area contributed by atoms with E-state index in [1.165, 1.54) is 0 Å². The normalized spacial score (nSPS) is 16.1. The summed E-state index contributed by atoms with van der Waals surface area (Å²) in [6.45, 7) is 12.6. The van der Waals surface area contributed by atoms with Crippen LogP contribution in [0.3, 0.4) is 0 Å². The molecule has 1 aliphatic rings. The molecule has 1 aliphatic heterocycles. The first-order chi connectivity index (χ1) is 10.8. The fourth-order valence-corrected chi connectivity index (χ4v) is 2.99. The van der Waals surface area contributed by atoms with Gasteiger partial charge in [-0.3, -0.25) is 4.79 Å². The number of nitrogens with zero attached hydrogens (tertiary/aromatic N) is 4. The van der Waals surface area contributed by atoms with Gasteiger partial charge in [-0.2, -0.15) is 5.10 Å². The highest BCUT2D eigenvalue weighted by atomic mass is 16.5. The Bertz CT molecular complexity index is 752. The predicted molar refractivity (Wildman–Crippen MR) is 88.7 cm³/mol. The van der Waals surface area contributed by atoms with E-state index in [0.717, 1.165) is 22.4 Å². The number of amides is 1. The maximum atomic E-state index is 13.0. The summed E-state index contributed by atoms with van der Waals surface area (Å²) in [5.74, 6) is 0.0420. The summed E-state index contributed by atoms with van der Waals surface area (Å²) in [6.07, 6.45) is 0. The van der Waals surface area contributed by atoms with Crippen molar-refractivity contribution < 1.29 is 9.53 Å². The fourth-order valence-electron chi connectivity index (χ4n) is 2.99. The lowest BCUT2D eigenvalue weighted by molar-refractivity contribution is 0.0304. The minimum absolute atomic E-state index is 0.0420. The van der Waals surface area contributed by atoms with E-state index in [0.29, 0.717) is 31.9 Å². The lowest BCUT2D eigenvalue weighted by Gasteiger charge is -2.27. The molecule has 3 rings (SSSR count). The molecule has 0 aromatic carbocycles. The van der Waals surface area contributed by atoms with Crippen molar-refractivity contribution in [1.29, 1.82) is 0 Å². The number of rotatable bonds is 1. The lowest BCUT2D eigenvalue weighted by Crippen LogP contribution is -2.40. The molecule has 0 bridgehead atoms. The first kappa shape index (κ1) is 15.9. The van der Waals surface area contributed by atoms with Gasteiger partial charge in [0, 0.05) is 18.8 Å². The minimum atomic E-state index is -0.188. The summed E-state index contributed by atoms with van der Waals surface area (Å²) in [6, 6.07) is 1.88. The van der Waals surface area contributed by atoms with E-state index in [4.69, 9.17) is 4.74 Å². The number of ether oxygens (including phenoxy) is 1. The smallest absolute Gasteiger partial charge is 0.254 e. The van der Waals surface area contributed by atoms with Crippen LogP contribution in [-0.2, 0) is 10.3 Å². The minimum Gasteiger partial charge on any atom is -0.378 e. The molecule has 1 fully saturated rings. The van der Waals surface area contributed by atoms with Crippen molar-refractivity contribution in [2.45, 2.75) is 40.2 Å². The lowest BCUT2D eigenvalue weighted by atomic mass is 10.1. The van der Waals surface area contributed by atoms with E-state index >= 15 is 0 Å². The van der Waals surface area contributed by atoms with E-state index in [2.05, 4.69) is 30.9 Å². The van der Waals surface area contributed by atoms with Gasteiger partial charge >= 0.3 is 0 Å². The number of aromatic nitrogens is 3. The molecule has 0 unspecified atom stereocenters. The van der Waals surface area contributed by atoms with Gasteiger partial charge in [0.2, 0.25) is 0 Å². The molecule has 3 heterocycles. The molecule has 0 radical (unpaired) electrons. The topological polar surface area (TPSA) is 60.3 Å². The first-order valence-electron chi connectivity index (χ1n) is 8.03. The average Bonchev–Trinajstić information content (AvgIpc) is 2.83. The molecular weight excluding hydrogens is 292 g/mol. The van der Waals surface area contributed by atoms with Gasteiger partial charge < -0.3 is 9.64 Å². The van der Waals surface area contributed by atoms with E-state index in [9.17, 15) is 4.79 Å². The van der Waals surface area contributed by atoms with Crippen LogP contribution in [0.1, 0.15) is 42.5 Å². The molecule has 1 saturated heterocycles. The Hall–Kier alpha value is -1.95. The van der Waals surface area contributed by atoms with E-state index in [1.807, 2.05) is 29.5 Å². The van der Waals surface area contributed by atoms with Crippen LogP contribution in [0.2, 0.25) is 0 Å². The van der Waals surface area contributed by atoms with Crippen LogP contribution in [-0.4, -0.2) is 51.9 Å². The molecule has 0 saturated carbocycles. The second-order valence-electron chi connectivity index (χ2n) is 7.08. The third kappa shape index (κ3) is 2.83. The van der Waals surface area contributed by atoms with Crippen molar-refractivity contribution in [3.63, 3.8) is 0 Å². The number of pyridine rings is 1. The van der Waals surface area contributed by atoms with Gasteiger partial charge in [0.25, 0.3) is 5.91 Å². The number of morpholine rings is 1. The van der Waals surface area contributed by atoms with Crippen LogP contribution >= 0.6 is 0 Å². The molecule has 124 valence electrons. The summed E-state index contributed by atoms with van der Waals surface area (Å²) in [4.78, 5) is 19.5. The number of fused-ring (bicyclic) bond motifs is 1. The van der Waals surface area contributed by atoms with Crippen molar-refractivity contribution in [2.75, 3.05) is 26.3 Å². The van der Waals surface area contributed by atoms with Crippen molar-refractivity contribution in [2.24, 2.45) is 0 Å². The molecule has 1 amide bonds. The highest BCUT2D eigenvalue weighted by Crippen LogP contribution is 2.27. The molecule has 0 N–H and O–H groups in total. The van der Waals surface area contributed by atoms with Crippen LogP contribution in [0.5, 0.6) is 0 Å². The molecule has 23 heavy (non-hydrogen) atoms. The predicted octanol–water partition coefficient (Wildman–Crippen LogP) is 2.28. The van der Waals surface area contributed by atoms with Crippen molar-refractivity contribution >= 4 is 16.9 Å². The first-order valence-corrected chi connectivity index (χ1v) is 8.03. The number of hydrogen-bond donors (Lipinski definition) is 0. The zero-order valence-corrected chi connectivity index (χ0v) is 14.5. The molecule has 2 aromatic heterocycles. The number of carbonyl (C=O) groups is 1. The van der Waals surface area contributed by atoms with Gasteiger partial charge in [-0.15, -0.1) is 0 Å². The van der Waals surface area contributed by atoms with E-state index in [-0.39, 0.29) is 11.4 Å². The largest absolute Gasteiger partial charge is 0.378 e. The fraction of sp³-hybridized carbons (Fsp3) is 0.588. The SMILES string of the molecule is Cc1cc(C(=O)N2CCOCC2)c2c(C)nn(C(C)(C)C)c2n1. The third-order valence-corrected chi connectivity index (χ3v) is 4.10. The monoisotopic (exact) mass is 316 g/mol. The van der Waals surface area contributed by atoms with Crippen molar-refractivity contribution in [3.05, 3.63) is 23.0 Å². The van der Waals surface area contributed by atoms with Crippen LogP contribution in [0.4, 0.5) is 0 Å². The van der Waals surface area contributed by atoms with Crippen LogP contribution in [0.15, 0.2) is 6.07 Å². The second kappa shape index (κ2) is 5.60. The van der Waals surface area contributed by atoms with E-state index in [1.54, 1.807) is 0 Å². The average molecular weight is 316 g/mol. The quantitative estimate of drug-likeness (QED) is 0.810. The zero-order chi connectivity index (χ0) is 16.8. The van der Waals surface area contributed by atoms with Gasteiger partial charge in [0.05, 0.1) is 35.4 Å². The molecule has 0 aliphatic carbocycles. The summed E-state index contributed by atoms with van der Waals surface area (Å²) < 4.78 is 7.26. The van der Waals surface area contributed by atoms with Crippen LogP contribution in [0.25, 0.3) is 11.0 Å². The van der Waals surface area contributed by atoms with Crippen molar-refractivity contribution in [3.8, 4) is 0 Å². The van der Waals surface area contributed by atoms with Crippen LogP contribution < -0.4 is 0 Å². The van der Waals surface area contributed by atoms with Crippen molar-refractivity contribution in [1.82, 2.24) is 19.7 Å². The van der Waals surface area contributed by atoms with Gasteiger partial charge in [-0.25, -0.2) is 9.67 Å². The molecule has 0 spiro atoms. The molecular formula is C17H24N4O2. The zero-order valence-electron chi connectivity index (χ0n) is 14.5. The molecule has 6 nitrogen and oxygen atoms in total. The molecule has 0 atom stereocenters. The van der Waals surface area contributed by atoms with Gasteiger partial charge in [-0.05, 0) is 40.7 Å². The summed E-state index contributed by atoms with van der Waals surface area (Å²) >= 11 is 0. The van der Waals surface area contributed by atoms with E-state index < -0.39 is 0 Å². The number of carbonyl (C=O) groups excluding carboxylic acids is 1. The molecule has 6 heteroatoms. The standard InChI is InChI=1S/C17H24N4O2/c1-11-10-13(16(22)20-6-8-23-9-7-20)14-12(2)19-21(15(14)18-11)17(3,4)5/h10H,6-9H2,1-5H3. The van der Waals surface area contributed by atoms with Crippen LogP contribution in [0, 0.1) is 13.8 Å². The Morgan fingerprint density at radius 3 is 2.48 bits per heavy atom. The molecule has 2 aromatic rings. The number of hydrogen-bond acceptors (Lipinski definition) is 4. The highest BCUT2D eigenvalue weighted by molar-refractivity contribution is 6.06. The van der Waals surface area contributed by atoms with Gasteiger partial charge in [0.15, 0.2) is 5.65 Å². The third-order valence-electron chi connectivity index (χ3n) is 4.10. The Balaban J connectivity index is 2.17. The second-order valence-corrected chi connectivity index (χ2v) is 7.08. The van der Waals surface area contributed by atoms with Gasteiger partial charge in [0.1, 0.15) is 0 Å². The summed E-state index contributed by atoms with van der Waals surface area (Å²) in [5, 5.41) is 5.51. The maximum Gasteiger partial charge on any atom is 0.254 e. The number of aryl methyl sites for hydroxylation is 2. The Morgan fingerprint density at radius 2 is 1.87 bits per heavy atom. The van der Waals surface area contributed by atoms with Gasteiger partial charge in [-0.1, -0.05) is 0 Å². The Morgan fingerprint density at radius 1 is 1.22 bits per heavy atom. The summed E-state index contributed by atoms with van der Waals surface area (Å²) in [7, 11) is 0. The Kier molecular flexibility index (Phi) is 3.88. The Labute approximate surface area is 136 Å². The highest BCUT2D eigenvalue weighted by Gasteiger charge is 2.26.